The minimum atomic E-state index is -0.443. The molecular formula is C13H13FO2. The topological polar surface area (TPSA) is 26.3 Å². The molecular weight excluding hydrogens is 207 g/mol. The Kier molecular flexibility index (Phi) is 4.53. The number of terminal acetylenes is 1. The van der Waals surface area contributed by atoms with Gasteiger partial charge in [-0.3, -0.25) is 4.79 Å². The summed E-state index contributed by atoms with van der Waals surface area (Å²) in [5, 5.41) is 0. The Morgan fingerprint density at radius 2 is 2.31 bits per heavy atom. The SMILES string of the molecule is C#CCCCOc1ccc(F)cc1C(C)=O. The molecule has 0 aliphatic heterocycles. The fourth-order valence-electron chi connectivity index (χ4n) is 1.26. The molecule has 0 aliphatic carbocycles. The van der Waals surface area contributed by atoms with Crippen molar-refractivity contribution in [3.8, 4) is 18.1 Å². The Morgan fingerprint density at radius 3 is 2.94 bits per heavy atom. The maximum atomic E-state index is 12.9. The molecule has 0 saturated heterocycles. The minimum absolute atomic E-state index is 0.216. The van der Waals surface area contributed by atoms with Crippen molar-refractivity contribution in [2.24, 2.45) is 0 Å². The molecule has 16 heavy (non-hydrogen) atoms. The van der Waals surface area contributed by atoms with Crippen molar-refractivity contribution in [2.45, 2.75) is 19.8 Å². The number of hydrogen-bond donors (Lipinski definition) is 0. The zero-order valence-corrected chi connectivity index (χ0v) is 9.13. The van der Waals surface area contributed by atoms with Crippen molar-refractivity contribution in [3.05, 3.63) is 29.6 Å². The molecule has 2 nitrogen and oxygen atoms in total. The summed E-state index contributed by atoms with van der Waals surface area (Å²) in [5.74, 6) is 2.24. The predicted molar refractivity (Wildman–Crippen MR) is 60.0 cm³/mol. The molecule has 0 spiro atoms. The Bertz CT molecular complexity index is 418. The van der Waals surface area contributed by atoms with Crippen molar-refractivity contribution < 1.29 is 13.9 Å². The maximum absolute atomic E-state index is 12.9. The molecule has 0 radical (unpaired) electrons. The van der Waals surface area contributed by atoms with Gasteiger partial charge in [-0.15, -0.1) is 12.3 Å². The van der Waals surface area contributed by atoms with Gasteiger partial charge in [0, 0.05) is 6.42 Å². The van der Waals surface area contributed by atoms with Gasteiger partial charge in [-0.1, -0.05) is 0 Å². The molecule has 84 valence electrons. The van der Waals surface area contributed by atoms with Gasteiger partial charge >= 0.3 is 0 Å². The van der Waals surface area contributed by atoms with Crippen LogP contribution in [0.15, 0.2) is 18.2 Å². The van der Waals surface area contributed by atoms with Crippen LogP contribution in [0.4, 0.5) is 4.39 Å². The Hall–Kier alpha value is -1.82. The van der Waals surface area contributed by atoms with Crippen LogP contribution in [0.5, 0.6) is 5.75 Å². The van der Waals surface area contributed by atoms with Crippen molar-refractivity contribution >= 4 is 5.78 Å². The Morgan fingerprint density at radius 1 is 1.56 bits per heavy atom. The van der Waals surface area contributed by atoms with Gasteiger partial charge in [0.2, 0.25) is 0 Å². The van der Waals surface area contributed by atoms with Crippen molar-refractivity contribution in [3.63, 3.8) is 0 Å². The minimum Gasteiger partial charge on any atom is -0.493 e. The van der Waals surface area contributed by atoms with E-state index in [9.17, 15) is 9.18 Å². The average Bonchev–Trinajstić information content (AvgIpc) is 2.26. The third kappa shape index (κ3) is 3.39. The van der Waals surface area contributed by atoms with Gasteiger partial charge in [-0.2, -0.15) is 0 Å². The normalized spacial score (nSPS) is 9.56. The Labute approximate surface area is 94.4 Å². The van der Waals surface area contributed by atoms with E-state index in [1.54, 1.807) is 0 Å². The quantitative estimate of drug-likeness (QED) is 0.433. The molecule has 1 rings (SSSR count). The molecule has 0 N–H and O–H groups in total. The highest BCUT2D eigenvalue weighted by Crippen LogP contribution is 2.20. The van der Waals surface area contributed by atoms with E-state index in [-0.39, 0.29) is 11.3 Å². The van der Waals surface area contributed by atoms with E-state index in [4.69, 9.17) is 11.2 Å². The van der Waals surface area contributed by atoms with E-state index in [0.717, 1.165) is 0 Å². The van der Waals surface area contributed by atoms with Gasteiger partial charge in [-0.25, -0.2) is 4.39 Å². The monoisotopic (exact) mass is 220 g/mol. The molecule has 0 fully saturated rings. The van der Waals surface area contributed by atoms with Crippen LogP contribution in [-0.2, 0) is 0 Å². The lowest BCUT2D eigenvalue weighted by atomic mass is 10.1. The van der Waals surface area contributed by atoms with Crippen LogP contribution < -0.4 is 4.74 Å². The molecule has 0 aliphatic rings. The summed E-state index contributed by atoms with van der Waals surface area (Å²) < 4.78 is 18.3. The standard InChI is InChI=1S/C13H13FO2/c1-3-4-5-8-16-13-7-6-11(14)9-12(13)10(2)15/h1,6-7,9H,4-5,8H2,2H3. The smallest absolute Gasteiger partial charge is 0.163 e. The van der Waals surface area contributed by atoms with Crippen molar-refractivity contribution in [1.82, 2.24) is 0 Å². The van der Waals surface area contributed by atoms with E-state index >= 15 is 0 Å². The zero-order valence-electron chi connectivity index (χ0n) is 9.13. The number of rotatable bonds is 5. The van der Waals surface area contributed by atoms with Gasteiger partial charge in [0.25, 0.3) is 0 Å². The van der Waals surface area contributed by atoms with Crippen LogP contribution in [0, 0.1) is 18.2 Å². The predicted octanol–water partition coefficient (Wildman–Crippen LogP) is 2.82. The van der Waals surface area contributed by atoms with Gasteiger partial charge in [0.15, 0.2) is 5.78 Å². The lowest BCUT2D eigenvalue weighted by Gasteiger charge is -2.08. The molecule has 0 heterocycles. The highest BCUT2D eigenvalue weighted by molar-refractivity contribution is 5.96. The molecule has 1 aromatic carbocycles. The molecule has 0 amide bonds. The molecule has 0 bridgehead atoms. The second-order valence-corrected chi connectivity index (χ2v) is 3.35. The molecule has 0 unspecified atom stereocenters. The van der Waals surface area contributed by atoms with E-state index in [1.165, 1.54) is 25.1 Å². The van der Waals surface area contributed by atoms with Gasteiger partial charge < -0.3 is 4.74 Å². The summed E-state index contributed by atoms with van der Waals surface area (Å²) in [6.07, 6.45) is 6.43. The number of unbranched alkanes of at least 4 members (excludes halogenated alkanes) is 1. The van der Waals surface area contributed by atoms with Gasteiger partial charge in [0.1, 0.15) is 11.6 Å². The average molecular weight is 220 g/mol. The summed E-state index contributed by atoms with van der Waals surface area (Å²) in [7, 11) is 0. The first-order chi connectivity index (χ1) is 7.65. The third-order valence-electron chi connectivity index (χ3n) is 2.04. The van der Waals surface area contributed by atoms with E-state index in [2.05, 4.69) is 5.92 Å². The van der Waals surface area contributed by atoms with Crippen LogP contribution in [0.1, 0.15) is 30.1 Å². The molecule has 0 atom stereocenters. The fourth-order valence-corrected chi connectivity index (χ4v) is 1.26. The number of carbonyl (C=O) groups is 1. The van der Waals surface area contributed by atoms with E-state index in [1.807, 2.05) is 0 Å². The highest BCUT2D eigenvalue weighted by atomic mass is 19.1. The molecule has 0 saturated carbocycles. The van der Waals surface area contributed by atoms with Gasteiger partial charge in [0.05, 0.1) is 12.2 Å². The Balaban J connectivity index is 2.72. The van der Waals surface area contributed by atoms with Crippen LogP contribution in [0.3, 0.4) is 0 Å². The number of benzene rings is 1. The summed E-state index contributed by atoms with van der Waals surface area (Å²) in [4.78, 5) is 11.2. The maximum Gasteiger partial charge on any atom is 0.163 e. The van der Waals surface area contributed by atoms with Gasteiger partial charge in [-0.05, 0) is 31.5 Å². The lowest BCUT2D eigenvalue weighted by molar-refractivity contribution is 0.101. The van der Waals surface area contributed by atoms with Crippen LogP contribution >= 0.6 is 0 Å². The number of halogens is 1. The summed E-state index contributed by atoms with van der Waals surface area (Å²) in [6, 6.07) is 3.91. The van der Waals surface area contributed by atoms with Crippen molar-refractivity contribution in [1.29, 1.82) is 0 Å². The largest absolute Gasteiger partial charge is 0.493 e. The number of Topliss-reactive ketones (excluding diaryl/α,β-unsaturated/α-hetero) is 1. The second kappa shape index (κ2) is 5.92. The van der Waals surface area contributed by atoms with E-state index in [0.29, 0.717) is 25.2 Å². The third-order valence-corrected chi connectivity index (χ3v) is 2.04. The van der Waals surface area contributed by atoms with Crippen LogP contribution in [0.25, 0.3) is 0 Å². The first-order valence-corrected chi connectivity index (χ1v) is 5.02. The zero-order chi connectivity index (χ0) is 12.0. The van der Waals surface area contributed by atoms with Crippen LogP contribution in [-0.4, -0.2) is 12.4 Å². The fraction of sp³-hybridized carbons (Fsp3) is 0.308. The van der Waals surface area contributed by atoms with Crippen LogP contribution in [0.2, 0.25) is 0 Å². The van der Waals surface area contributed by atoms with E-state index < -0.39 is 5.82 Å². The van der Waals surface area contributed by atoms with Crippen molar-refractivity contribution in [2.75, 3.05) is 6.61 Å². The first-order valence-electron chi connectivity index (χ1n) is 5.02. The lowest BCUT2D eigenvalue weighted by Crippen LogP contribution is -2.03. The highest BCUT2D eigenvalue weighted by Gasteiger charge is 2.09. The summed E-state index contributed by atoms with van der Waals surface area (Å²) in [5.41, 5.74) is 0.265. The first kappa shape index (κ1) is 12.3. The number of hydrogen-bond acceptors (Lipinski definition) is 2. The number of carbonyl (C=O) groups excluding carboxylic acids is 1. The summed E-state index contributed by atoms with van der Waals surface area (Å²) in [6.45, 7) is 1.80. The molecule has 3 heteroatoms. The number of ketones is 1. The molecule has 0 aromatic heterocycles. The summed E-state index contributed by atoms with van der Waals surface area (Å²) >= 11 is 0. The molecule has 1 aromatic rings. The number of ether oxygens (including phenoxy) is 1. The second-order valence-electron chi connectivity index (χ2n) is 3.35.